The Morgan fingerprint density at radius 2 is 1.74 bits per heavy atom. The van der Waals surface area contributed by atoms with Crippen LogP contribution in [0.5, 0.6) is 0 Å². The van der Waals surface area contributed by atoms with Crippen molar-refractivity contribution < 1.29 is 9.59 Å². The number of carbonyl (C=O) groups excluding carboxylic acids is 2. The van der Waals surface area contributed by atoms with Crippen LogP contribution in [0.2, 0.25) is 0 Å². The van der Waals surface area contributed by atoms with Crippen molar-refractivity contribution in [3.8, 4) is 0 Å². The average molecular weight is 312 g/mol. The number of nitrogens with one attached hydrogen (secondary N) is 1. The van der Waals surface area contributed by atoms with Gasteiger partial charge in [-0.15, -0.1) is 0 Å². The van der Waals surface area contributed by atoms with Crippen LogP contribution in [0.25, 0.3) is 0 Å². The van der Waals surface area contributed by atoms with Crippen molar-refractivity contribution in [2.45, 2.75) is 51.6 Å². The largest absolute Gasteiger partial charge is 0.347 e. The van der Waals surface area contributed by atoms with Crippen LogP contribution >= 0.6 is 0 Å². The lowest BCUT2D eigenvalue weighted by molar-refractivity contribution is -0.146. The smallest absolute Gasteiger partial charge is 0.242 e. The van der Waals surface area contributed by atoms with Gasteiger partial charge in [0.05, 0.1) is 12.0 Å². The minimum absolute atomic E-state index is 0.0256. The predicted molar refractivity (Wildman–Crippen MR) is 87.3 cm³/mol. The molecule has 2 aliphatic carbocycles. The van der Waals surface area contributed by atoms with Crippen LogP contribution in [0.4, 0.5) is 0 Å². The van der Waals surface area contributed by atoms with E-state index >= 15 is 0 Å². The van der Waals surface area contributed by atoms with E-state index in [1.165, 1.54) is 30.4 Å². The van der Waals surface area contributed by atoms with Crippen molar-refractivity contribution in [2.24, 2.45) is 11.3 Å². The number of fused-ring (bicyclic) bond motifs is 1. The van der Waals surface area contributed by atoms with Crippen molar-refractivity contribution >= 4 is 11.8 Å². The molecular weight excluding hydrogens is 288 g/mol. The first-order chi connectivity index (χ1) is 11.2. The summed E-state index contributed by atoms with van der Waals surface area (Å²) in [5, 5.41) is 2.95. The maximum Gasteiger partial charge on any atom is 0.242 e. The molecule has 4 rings (SSSR count). The number of hydrogen-bond donors (Lipinski definition) is 1. The Hall–Kier alpha value is -1.84. The molecule has 2 saturated carbocycles. The van der Waals surface area contributed by atoms with Crippen LogP contribution < -0.4 is 5.32 Å². The fourth-order valence-corrected chi connectivity index (χ4v) is 4.29. The first kappa shape index (κ1) is 14.7. The summed E-state index contributed by atoms with van der Waals surface area (Å²) in [6.45, 7) is 1.47. The van der Waals surface area contributed by atoms with E-state index in [-0.39, 0.29) is 23.8 Å². The molecule has 1 aliphatic heterocycles. The van der Waals surface area contributed by atoms with Gasteiger partial charge in [0, 0.05) is 13.1 Å². The van der Waals surface area contributed by atoms with Crippen molar-refractivity contribution in [1.82, 2.24) is 10.2 Å². The molecule has 4 nitrogen and oxygen atoms in total. The van der Waals surface area contributed by atoms with Gasteiger partial charge in [0.25, 0.3) is 0 Å². The molecule has 0 aromatic heterocycles. The van der Waals surface area contributed by atoms with Crippen LogP contribution in [-0.4, -0.2) is 23.3 Å². The molecule has 2 fully saturated rings. The highest BCUT2D eigenvalue weighted by molar-refractivity contribution is 5.89. The van der Waals surface area contributed by atoms with Gasteiger partial charge in [0.1, 0.15) is 0 Å². The van der Waals surface area contributed by atoms with Crippen molar-refractivity contribution in [1.29, 1.82) is 0 Å². The highest BCUT2D eigenvalue weighted by Crippen LogP contribution is 2.54. The average Bonchev–Trinajstić information content (AvgIpc) is 2.90. The van der Waals surface area contributed by atoms with E-state index in [2.05, 4.69) is 17.4 Å². The first-order valence-electron chi connectivity index (χ1n) is 8.82. The number of nitrogens with zero attached hydrogens (tertiary/aromatic N) is 1. The number of rotatable bonds is 4. The number of hydrogen-bond acceptors (Lipinski definition) is 2. The number of carbonyl (C=O) groups is 2. The van der Waals surface area contributed by atoms with Gasteiger partial charge < -0.3 is 10.2 Å². The molecule has 0 radical (unpaired) electrons. The van der Waals surface area contributed by atoms with Crippen molar-refractivity contribution in [2.75, 3.05) is 6.54 Å². The number of amides is 2. The zero-order valence-electron chi connectivity index (χ0n) is 13.5. The van der Waals surface area contributed by atoms with Gasteiger partial charge in [0.2, 0.25) is 11.8 Å². The van der Waals surface area contributed by atoms with Gasteiger partial charge in [0.15, 0.2) is 0 Å². The number of benzene rings is 1. The Morgan fingerprint density at radius 3 is 2.22 bits per heavy atom. The van der Waals surface area contributed by atoms with Gasteiger partial charge in [-0.05, 0) is 42.7 Å². The molecule has 4 heteroatoms. The van der Waals surface area contributed by atoms with Crippen molar-refractivity contribution in [3.63, 3.8) is 0 Å². The van der Waals surface area contributed by atoms with E-state index < -0.39 is 0 Å². The summed E-state index contributed by atoms with van der Waals surface area (Å²) >= 11 is 0. The Morgan fingerprint density at radius 1 is 1.09 bits per heavy atom. The highest BCUT2D eigenvalue weighted by atomic mass is 16.2. The second-order valence-corrected chi connectivity index (χ2v) is 7.34. The molecule has 0 saturated heterocycles. The molecule has 23 heavy (non-hydrogen) atoms. The molecule has 0 unspecified atom stereocenters. The maximum atomic E-state index is 12.6. The fraction of sp³-hybridized carbons (Fsp3) is 0.579. The summed E-state index contributed by atoms with van der Waals surface area (Å²) in [5.74, 6) is 0.707. The van der Waals surface area contributed by atoms with E-state index in [9.17, 15) is 9.59 Å². The molecule has 3 aliphatic rings. The molecule has 1 aromatic carbocycles. The second kappa shape index (κ2) is 5.66. The van der Waals surface area contributed by atoms with Crippen molar-refractivity contribution in [3.05, 3.63) is 35.4 Å². The van der Waals surface area contributed by atoms with E-state index in [0.717, 1.165) is 19.3 Å². The van der Waals surface area contributed by atoms with Crippen LogP contribution in [0.3, 0.4) is 0 Å². The lowest BCUT2D eigenvalue weighted by atomic mass is 9.54. The lowest BCUT2D eigenvalue weighted by Gasteiger charge is -2.50. The quantitative estimate of drug-likeness (QED) is 0.929. The zero-order valence-corrected chi connectivity index (χ0v) is 13.5. The Kier molecular flexibility index (Phi) is 3.63. The van der Waals surface area contributed by atoms with Gasteiger partial charge in [-0.25, -0.2) is 0 Å². The summed E-state index contributed by atoms with van der Waals surface area (Å²) in [6, 6.07) is 8.16. The Balaban J connectivity index is 1.33. The fourth-order valence-electron chi connectivity index (χ4n) is 4.29. The normalized spacial score (nSPS) is 22.0. The van der Waals surface area contributed by atoms with Gasteiger partial charge in [-0.2, -0.15) is 0 Å². The minimum atomic E-state index is -0.146. The summed E-state index contributed by atoms with van der Waals surface area (Å²) in [5.41, 5.74) is 2.29. The Bertz CT molecular complexity index is 607. The van der Waals surface area contributed by atoms with Crippen LogP contribution in [0.15, 0.2) is 24.3 Å². The van der Waals surface area contributed by atoms with Gasteiger partial charge >= 0.3 is 0 Å². The Labute approximate surface area is 137 Å². The third-order valence-electron chi connectivity index (χ3n) is 6.18. The monoisotopic (exact) mass is 312 g/mol. The summed E-state index contributed by atoms with van der Waals surface area (Å²) < 4.78 is 0. The second-order valence-electron chi connectivity index (χ2n) is 7.34. The topological polar surface area (TPSA) is 49.4 Å². The molecule has 1 N–H and O–H groups in total. The third kappa shape index (κ3) is 2.44. The predicted octanol–water partition coefficient (Wildman–Crippen LogP) is 2.62. The summed E-state index contributed by atoms with van der Waals surface area (Å²) in [4.78, 5) is 26.9. The first-order valence-corrected chi connectivity index (χ1v) is 8.82. The van der Waals surface area contributed by atoms with Crippen LogP contribution in [0, 0.1) is 11.3 Å². The van der Waals surface area contributed by atoms with E-state index in [1.807, 2.05) is 17.0 Å². The molecular formula is C19H24N2O2. The SMILES string of the molecule is O=C(CNC(=O)C1(C2CCC2)CCC1)N1Cc2ccccc2C1. The highest BCUT2D eigenvalue weighted by Gasteiger charge is 2.51. The van der Waals surface area contributed by atoms with Crippen LogP contribution in [-0.2, 0) is 22.7 Å². The molecule has 1 heterocycles. The standard InChI is InChI=1S/C19H24N2O2/c22-17(21-12-14-5-1-2-6-15(14)13-21)11-20-18(23)19(9-4-10-19)16-7-3-8-16/h1-2,5-6,16H,3-4,7-13H2,(H,20,23). The molecule has 0 bridgehead atoms. The van der Waals surface area contributed by atoms with E-state index in [4.69, 9.17) is 0 Å². The molecule has 0 spiro atoms. The van der Waals surface area contributed by atoms with Crippen LogP contribution in [0.1, 0.15) is 49.7 Å². The van der Waals surface area contributed by atoms with Gasteiger partial charge in [-0.3, -0.25) is 9.59 Å². The maximum absolute atomic E-state index is 12.6. The van der Waals surface area contributed by atoms with E-state index in [1.54, 1.807) is 0 Å². The molecule has 1 aromatic rings. The minimum Gasteiger partial charge on any atom is -0.347 e. The lowest BCUT2D eigenvalue weighted by Crippen LogP contribution is -2.53. The van der Waals surface area contributed by atoms with Gasteiger partial charge in [-0.1, -0.05) is 37.1 Å². The molecule has 122 valence electrons. The zero-order chi connectivity index (χ0) is 15.9. The molecule has 2 amide bonds. The third-order valence-corrected chi connectivity index (χ3v) is 6.18. The summed E-state index contributed by atoms with van der Waals surface area (Å²) in [7, 11) is 0. The molecule has 0 atom stereocenters. The van der Waals surface area contributed by atoms with E-state index in [0.29, 0.717) is 19.0 Å². The summed E-state index contributed by atoms with van der Waals surface area (Å²) in [6.07, 6.45) is 6.79.